The van der Waals surface area contributed by atoms with Crippen molar-refractivity contribution >= 4 is 34.6 Å². The Morgan fingerprint density at radius 2 is 1.49 bits per heavy atom. The van der Waals surface area contributed by atoms with Crippen molar-refractivity contribution in [2.24, 2.45) is 5.73 Å². The first kappa shape index (κ1) is 29.3. The van der Waals surface area contributed by atoms with Crippen molar-refractivity contribution in [2.45, 2.75) is 50.0 Å². The number of carbonyl (C=O) groups is 4. The van der Waals surface area contributed by atoms with Crippen LogP contribution in [0.2, 0.25) is 0 Å². The number of hydrogen-bond donors (Lipinski definition) is 8. The molecule has 5 unspecified atom stereocenters. The van der Waals surface area contributed by atoms with Crippen LogP contribution in [-0.2, 0) is 32.0 Å². The Bertz CT molecular complexity index is 1290. The lowest BCUT2D eigenvalue weighted by Gasteiger charge is -2.25. The maximum Gasteiger partial charge on any atom is 0.328 e. The number of nitrogens with two attached hydrogens (primary N) is 1. The Labute approximate surface area is 224 Å². The molecule has 12 nitrogen and oxygen atoms in total. The zero-order valence-electron chi connectivity index (χ0n) is 21.3. The number of carboxylic acid groups (broad SMARTS) is 1. The third-order valence-corrected chi connectivity index (χ3v) is 6.23. The molecule has 0 spiro atoms. The zero-order chi connectivity index (χ0) is 28.5. The Morgan fingerprint density at radius 3 is 2.13 bits per heavy atom. The maximum atomic E-state index is 13.3. The molecule has 3 aromatic rings. The van der Waals surface area contributed by atoms with Gasteiger partial charge in [0.2, 0.25) is 17.7 Å². The van der Waals surface area contributed by atoms with Gasteiger partial charge in [0.15, 0.2) is 6.04 Å². The van der Waals surface area contributed by atoms with E-state index in [1.54, 1.807) is 6.20 Å². The summed E-state index contributed by atoms with van der Waals surface area (Å²) in [5.74, 6) is -3.89. The Hall–Kier alpha value is -4.26. The Kier molecular flexibility index (Phi) is 10.1. The van der Waals surface area contributed by atoms with Crippen LogP contribution in [-0.4, -0.2) is 80.9 Å². The van der Waals surface area contributed by atoms with Gasteiger partial charge in [-0.25, -0.2) is 4.79 Å². The summed E-state index contributed by atoms with van der Waals surface area (Å²) in [6.45, 7) is 0.321. The molecule has 3 amide bonds. The Balaban J connectivity index is 1.79. The number of aliphatic carboxylic acids is 1. The maximum absolute atomic E-state index is 13.3. The third-order valence-electron chi connectivity index (χ3n) is 6.23. The lowest BCUT2D eigenvalue weighted by molar-refractivity contribution is -0.145. The number of aromatic amines is 1. The summed E-state index contributed by atoms with van der Waals surface area (Å²) in [6.07, 6.45) is 0.537. The first-order chi connectivity index (χ1) is 18.6. The number of benzene rings is 2. The minimum Gasteiger partial charge on any atom is -0.480 e. The second-order valence-corrected chi connectivity index (χ2v) is 9.23. The summed E-state index contributed by atoms with van der Waals surface area (Å²) in [5.41, 5.74) is 8.49. The van der Waals surface area contributed by atoms with E-state index in [-0.39, 0.29) is 12.8 Å². The number of amides is 3. The lowest BCUT2D eigenvalue weighted by Crippen LogP contribution is -2.59. The molecule has 0 saturated carbocycles. The smallest absolute Gasteiger partial charge is 0.328 e. The molecular weight excluding hydrogens is 506 g/mol. The van der Waals surface area contributed by atoms with Crippen molar-refractivity contribution < 1.29 is 34.5 Å². The molecule has 2 aromatic carbocycles. The van der Waals surface area contributed by atoms with Gasteiger partial charge >= 0.3 is 5.97 Å². The van der Waals surface area contributed by atoms with Crippen LogP contribution >= 0.6 is 0 Å². The fraction of sp³-hybridized carbons (Fsp3) is 0.333. The molecule has 0 aliphatic rings. The predicted molar refractivity (Wildman–Crippen MR) is 142 cm³/mol. The fourth-order valence-corrected chi connectivity index (χ4v) is 4.08. The van der Waals surface area contributed by atoms with Gasteiger partial charge < -0.3 is 42.0 Å². The zero-order valence-corrected chi connectivity index (χ0v) is 21.3. The van der Waals surface area contributed by atoms with Crippen molar-refractivity contribution in [3.63, 3.8) is 0 Å². The second-order valence-electron chi connectivity index (χ2n) is 9.23. The highest BCUT2D eigenvalue weighted by Crippen LogP contribution is 2.19. The van der Waals surface area contributed by atoms with Crippen molar-refractivity contribution in [1.29, 1.82) is 0 Å². The van der Waals surface area contributed by atoms with Crippen LogP contribution in [0.3, 0.4) is 0 Å². The van der Waals surface area contributed by atoms with Crippen molar-refractivity contribution in [3.8, 4) is 0 Å². The molecule has 0 radical (unpaired) electrons. The molecular formula is C27H33N5O7. The molecule has 0 bridgehead atoms. The summed E-state index contributed by atoms with van der Waals surface area (Å²) < 4.78 is 0. The molecule has 12 heteroatoms. The van der Waals surface area contributed by atoms with Crippen LogP contribution in [0.15, 0.2) is 60.8 Å². The van der Waals surface area contributed by atoms with Crippen LogP contribution in [0.4, 0.5) is 0 Å². The van der Waals surface area contributed by atoms with Crippen LogP contribution in [0.5, 0.6) is 0 Å². The van der Waals surface area contributed by atoms with Gasteiger partial charge in [0.1, 0.15) is 12.1 Å². The Morgan fingerprint density at radius 1 is 0.872 bits per heavy atom. The molecule has 3 rings (SSSR count). The van der Waals surface area contributed by atoms with E-state index in [1.807, 2.05) is 54.6 Å². The topological polar surface area (TPSA) is 207 Å². The van der Waals surface area contributed by atoms with E-state index in [2.05, 4.69) is 20.9 Å². The van der Waals surface area contributed by atoms with Crippen LogP contribution in [0.25, 0.3) is 10.9 Å². The monoisotopic (exact) mass is 539 g/mol. The van der Waals surface area contributed by atoms with E-state index in [0.717, 1.165) is 16.5 Å². The van der Waals surface area contributed by atoms with Gasteiger partial charge in [-0.1, -0.05) is 48.5 Å². The highest BCUT2D eigenvalue weighted by Gasteiger charge is 2.32. The summed E-state index contributed by atoms with van der Waals surface area (Å²) >= 11 is 0. The van der Waals surface area contributed by atoms with Gasteiger partial charge in [-0.3, -0.25) is 14.4 Å². The van der Waals surface area contributed by atoms with E-state index < -0.39 is 60.6 Å². The molecule has 0 saturated heterocycles. The molecule has 208 valence electrons. The standard InChI is InChI=1S/C27H33N5O7/c1-15(34)23(27(38)39)32-26(37)22(14-33)31-25(36)21(12-17-13-29-20-10-6-5-9-18(17)20)30-24(35)19(28)11-16-7-3-2-4-8-16/h2-10,13,15,19,21-23,29,33-34H,11-12,14,28H2,1H3,(H,30,35)(H,31,36)(H,32,37)(H,38,39). The highest BCUT2D eigenvalue weighted by atomic mass is 16.4. The van der Waals surface area contributed by atoms with E-state index in [1.165, 1.54) is 6.92 Å². The van der Waals surface area contributed by atoms with E-state index >= 15 is 0 Å². The molecule has 39 heavy (non-hydrogen) atoms. The molecule has 9 N–H and O–H groups in total. The average molecular weight is 540 g/mol. The summed E-state index contributed by atoms with van der Waals surface area (Å²) in [4.78, 5) is 53.3. The van der Waals surface area contributed by atoms with E-state index in [9.17, 15) is 34.5 Å². The fourth-order valence-electron chi connectivity index (χ4n) is 4.08. The molecule has 0 aliphatic heterocycles. The molecule has 5 atom stereocenters. The number of fused-ring (bicyclic) bond motifs is 1. The summed E-state index contributed by atoms with van der Waals surface area (Å²) in [7, 11) is 0. The largest absolute Gasteiger partial charge is 0.480 e. The van der Waals surface area contributed by atoms with Gasteiger partial charge in [-0.2, -0.15) is 0 Å². The van der Waals surface area contributed by atoms with Crippen molar-refractivity contribution in [2.75, 3.05) is 6.61 Å². The second kappa shape index (κ2) is 13.5. The number of H-pyrrole nitrogens is 1. The predicted octanol–water partition coefficient (Wildman–Crippen LogP) is -0.807. The van der Waals surface area contributed by atoms with E-state index in [0.29, 0.717) is 5.56 Å². The molecule has 0 aliphatic carbocycles. The van der Waals surface area contributed by atoms with Gasteiger partial charge in [0.25, 0.3) is 0 Å². The van der Waals surface area contributed by atoms with Gasteiger partial charge in [-0.05, 0) is 30.5 Å². The molecule has 1 heterocycles. The number of carboxylic acids is 1. The van der Waals surface area contributed by atoms with Gasteiger partial charge in [0.05, 0.1) is 18.8 Å². The number of rotatable bonds is 13. The van der Waals surface area contributed by atoms with Gasteiger partial charge in [-0.15, -0.1) is 0 Å². The minimum absolute atomic E-state index is 0.0326. The first-order valence-electron chi connectivity index (χ1n) is 12.4. The number of para-hydroxylation sites is 1. The van der Waals surface area contributed by atoms with Crippen molar-refractivity contribution in [3.05, 3.63) is 71.9 Å². The number of aliphatic hydroxyl groups excluding tert-OH is 2. The van der Waals surface area contributed by atoms with E-state index in [4.69, 9.17) is 5.73 Å². The number of aliphatic hydroxyl groups is 2. The first-order valence-corrected chi connectivity index (χ1v) is 12.4. The van der Waals surface area contributed by atoms with Crippen LogP contribution < -0.4 is 21.7 Å². The summed E-state index contributed by atoms with van der Waals surface area (Å²) in [6, 6.07) is 11.2. The third kappa shape index (κ3) is 7.87. The van der Waals surface area contributed by atoms with Crippen LogP contribution in [0.1, 0.15) is 18.1 Å². The average Bonchev–Trinajstić information content (AvgIpc) is 3.32. The number of carbonyl (C=O) groups excluding carboxylic acids is 3. The number of hydrogen-bond acceptors (Lipinski definition) is 7. The summed E-state index contributed by atoms with van der Waals surface area (Å²) in [5, 5.41) is 36.5. The van der Waals surface area contributed by atoms with Crippen LogP contribution in [0, 0.1) is 0 Å². The van der Waals surface area contributed by atoms with Gasteiger partial charge in [0, 0.05) is 23.5 Å². The molecule has 1 aromatic heterocycles. The highest BCUT2D eigenvalue weighted by molar-refractivity contribution is 5.95. The SMILES string of the molecule is CC(O)C(NC(=O)C(CO)NC(=O)C(Cc1c[nH]c2ccccc12)NC(=O)C(N)Cc1ccccc1)C(=O)O. The quantitative estimate of drug-likeness (QED) is 0.137. The number of aromatic nitrogens is 1. The van der Waals surface area contributed by atoms with Crippen molar-refractivity contribution in [1.82, 2.24) is 20.9 Å². The number of nitrogens with one attached hydrogen (secondary N) is 4. The molecule has 0 fully saturated rings. The minimum atomic E-state index is -1.65. The normalized spacial score (nSPS) is 15.0. The lowest BCUT2D eigenvalue weighted by atomic mass is 10.0.